The zero-order chi connectivity index (χ0) is 23.8. The number of aliphatic hydroxyl groups excluding tert-OH is 2. The van der Waals surface area contributed by atoms with E-state index in [1.54, 1.807) is 35.1 Å². The van der Waals surface area contributed by atoms with Crippen LogP contribution in [0.4, 0.5) is 10.2 Å². The van der Waals surface area contributed by atoms with Gasteiger partial charge in [-0.1, -0.05) is 37.3 Å². The van der Waals surface area contributed by atoms with Gasteiger partial charge < -0.3 is 15.5 Å². The van der Waals surface area contributed by atoms with Gasteiger partial charge in [0.1, 0.15) is 29.8 Å². The zero-order valence-corrected chi connectivity index (χ0v) is 18.5. The molecular weight excluding hydrogens is 437 g/mol. The van der Waals surface area contributed by atoms with Gasteiger partial charge in [-0.25, -0.2) is 14.4 Å². The summed E-state index contributed by atoms with van der Waals surface area (Å²) < 4.78 is 15.8. The lowest BCUT2D eigenvalue weighted by molar-refractivity contribution is 0.0210. The van der Waals surface area contributed by atoms with Gasteiger partial charge in [-0.15, -0.1) is 0 Å². The lowest BCUT2D eigenvalue weighted by Gasteiger charge is -2.19. The van der Waals surface area contributed by atoms with Crippen molar-refractivity contribution in [1.82, 2.24) is 19.7 Å². The van der Waals surface area contributed by atoms with E-state index in [9.17, 15) is 19.4 Å². The molecule has 0 saturated heterocycles. The maximum Gasteiger partial charge on any atom is 0.218 e. The third-order valence-electron chi connectivity index (χ3n) is 6.42. The first-order chi connectivity index (χ1) is 16.4. The van der Waals surface area contributed by atoms with Gasteiger partial charge >= 0.3 is 0 Å². The van der Waals surface area contributed by atoms with Crippen molar-refractivity contribution in [2.24, 2.45) is 5.92 Å². The van der Waals surface area contributed by atoms with E-state index in [1.807, 2.05) is 19.1 Å². The molecule has 8 nitrogen and oxygen atoms in total. The van der Waals surface area contributed by atoms with E-state index in [-0.39, 0.29) is 34.6 Å². The maximum absolute atomic E-state index is 14.1. The Morgan fingerprint density at radius 2 is 1.94 bits per heavy atom. The standard InChI is InChI=1S/C25H24FN5O3/c1-14-10-21(24(34)22(14)32)29-25-18(11-27-13-28-25)23(33)20-8-9-31(30-20)12-15-6-7-19(26)17-5-3-2-4-16(15)17/h2-9,11,13-14,21-22,24,32,34H,10,12H2,1H3,(H,27,28,29)/t14-,21-,22-,24+/m1/s1. The van der Waals surface area contributed by atoms with E-state index in [4.69, 9.17) is 0 Å². The van der Waals surface area contributed by atoms with Gasteiger partial charge in [0, 0.05) is 17.8 Å². The van der Waals surface area contributed by atoms with Crippen LogP contribution in [0.3, 0.4) is 0 Å². The number of hydrogen-bond acceptors (Lipinski definition) is 7. The predicted molar refractivity (Wildman–Crippen MR) is 124 cm³/mol. The molecule has 34 heavy (non-hydrogen) atoms. The van der Waals surface area contributed by atoms with Crippen LogP contribution in [-0.4, -0.2) is 54.0 Å². The van der Waals surface area contributed by atoms with Gasteiger partial charge in [-0.05, 0) is 35.4 Å². The van der Waals surface area contributed by atoms with Crippen LogP contribution in [0.25, 0.3) is 10.8 Å². The van der Waals surface area contributed by atoms with Gasteiger partial charge in [0.15, 0.2) is 0 Å². The summed E-state index contributed by atoms with van der Waals surface area (Å²) in [5.41, 5.74) is 1.32. The molecule has 0 bridgehead atoms. The third-order valence-corrected chi connectivity index (χ3v) is 6.42. The molecule has 0 radical (unpaired) electrons. The first-order valence-electron chi connectivity index (χ1n) is 11.1. The van der Waals surface area contributed by atoms with Gasteiger partial charge in [-0.3, -0.25) is 9.48 Å². The van der Waals surface area contributed by atoms with Gasteiger partial charge in [0.25, 0.3) is 0 Å². The summed E-state index contributed by atoms with van der Waals surface area (Å²) in [6.45, 7) is 2.23. The smallest absolute Gasteiger partial charge is 0.218 e. The number of aromatic nitrogens is 4. The van der Waals surface area contributed by atoms with Crippen LogP contribution in [0.1, 0.15) is 35.0 Å². The number of anilines is 1. The number of benzene rings is 2. The number of hydrogen-bond donors (Lipinski definition) is 3. The minimum Gasteiger partial charge on any atom is -0.390 e. The third kappa shape index (κ3) is 4.04. The highest BCUT2D eigenvalue weighted by molar-refractivity contribution is 6.10. The first-order valence-corrected chi connectivity index (χ1v) is 11.1. The topological polar surface area (TPSA) is 113 Å². The zero-order valence-electron chi connectivity index (χ0n) is 18.5. The molecule has 1 aliphatic rings. The van der Waals surface area contributed by atoms with Crippen molar-refractivity contribution < 1.29 is 19.4 Å². The summed E-state index contributed by atoms with van der Waals surface area (Å²) in [5, 5.41) is 29.2. The monoisotopic (exact) mass is 461 g/mol. The number of nitrogens with zero attached hydrogens (tertiary/aromatic N) is 4. The molecule has 1 fully saturated rings. The Morgan fingerprint density at radius 3 is 2.71 bits per heavy atom. The summed E-state index contributed by atoms with van der Waals surface area (Å²) >= 11 is 0. The molecule has 1 aliphatic carbocycles. The SMILES string of the molecule is C[C@@H]1C[C@@H](Nc2ncncc2C(=O)c2ccn(Cc3ccc(F)c4ccccc34)n2)[C@H](O)[C@@H]1O. The molecule has 4 atom stereocenters. The highest BCUT2D eigenvalue weighted by Gasteiger charge is 2.39. The van der Waals surface area contributed by atoms with E-state index in [0.717, 1.165) is 10.9 Å². The quantitative estimate of drug-likeness (QED) is 0.379. The summed E-state index contributed by atoms with van der Waals surface area (Å²) in [7, 11) is 0. The van der Waals surface area contributed by atoms with Crippen LogP contribution in [0.2, 0.25) is 0 Å². The van der Waals surface area contributed by atoms with E-state index < -0.39 is 18.2 Å². The molecule has 5 rings (SSSR count). The number of aliphatic hydroxyl groups is 2. The highest BCUT2D eigenvalue weighted by atomic mass is 19.1. The number of carbonyl (C=O) groups is 1. The molecule has 174 valence electrons. The molecule has 0 unspecified atom stereocenters. The lowest BCUT2D eigenvalue weighted by atomic mass is 10.0. The van der Waals surface area contributed by atoms with Crippen LogP contribution in [0.5, 0.6) is 0 Å². The van der Waals surface area contributed by atoms with E-state index in [0.29, 0.717) is 18.4 Å². The number of rotatable bonds is 6. The second kappa shape index (κ2) is 8.92. The van der Waals surface area contributed by atoms with Crippen molar-refractivity contribution in [3.63, 3.8) is 0 Å². The molecule has 3 N–H and O–H groups in total. The molecule has 2 heterocycles. The number of halogens is 1. The van der Waals surface area contributed by atoms with Crippen LogP contribution in [-0.2, 0) is 6.54 Å². The fraction of sp³-hybridized carbons (Fsp3) is 0.280. The fourth-order valence-electron chi connectivity index (χ4n) is 4.53. The van der Waals surface area contributed by atoms with E-state index >= 15 is 0 Å². The summed E-state index contributed by atoms with van der Waals surface area (Å²) in [5.74, 6) is -0.447. The Balaban J connectivity index is 1.38. The number of ketones is 1. The van der Waals surface area contributed by atoms with Crippen molar-refractivity contribution >= 4 is 22.4 Å². The molecule has 2 aromatic carbocycles. The normalized spacial score (nSPS) is 22.2. The summed E-state index contributed by atoms with van der Waals surface area (Å²) in [6, 6.07) is 11.6. The van der Waals surface area contributed by atoms with Crippen LogP contribution in [0.15, 0.2) is 61.2 Å². The van der Waals surface area contributed by atoms with Crippen LogP contribution < -0.4 is 5.32 Å². The second-order valence-corrected chi connectivity index (χ2v) is 8.71. The Hall–Kier alpha value is -3.69. The average molecular weight is 461 g/mol. The van der Waals surface area contributed by atoms with Crippen LogP contribution in [0, 0.1) is 11.7 Å². The van der Waals surface area contributed by atoms with Crippen molar-refractivity contribution in [3.8, 4) is 0 Å². The van der Waals surface area contributed by atoms with Gasteiger partial charge in [0.2, 0.25) is 5.78 Å². The van der Waals surface area contributed by atoms with Gasteiger partial charge in [0.05, 0.1) is 24.3 Å². The van der Waals surface area contributed by atoms with Crippen molar-refractivity contribution in [3.05, 3.63) is 83.8 Å². The Morgan fingerprint density at radius 1 is 1.15 bits per heavy atom. The maximum atomic E-state index is 14.1. The molecule has 2 aromatic heterocycles. The molecular formula is C25H24FN5O3. The largest absolute Gasteiger partial charge is 0.390 e. The Kier molecular flexibility index (Phi) is 5.80. The number of fused-ring (bicyclic) bond motifs is 1. The van der Waals surface area contributed by atoms with Crippen LogP contribution >= 0.6 is 0 Å². The van der Waals surface area contributed by atoms with Crippen molar-refractivity contribution in [2.75, 3.05) is 5.32 Å². The number of nitrogens with one attached hydrogen (secondary N) is 1. The van der Waals surface area contributed by atoms with E-state index in [2.05, 4.69) is 20.4 Å². The molecule has 0 spiro atoms. The molecule has 0 aliphatic heterocycles. The summed E-state index contributed by atoms with van der Waals surface area (Å²) in [4.78, 5) is 21.4. The average Bonchev–Trinajstić information content (AvgIpc) is 3.41. The molecule has 0 amide bonds. The minimum absolute atomic E-state index is 0.0771. The van der Waals surface area contributed by atoms with Crippen molar-refractivity contribution in [2.45, 2.75) is 38.1 Å². The Labute approximate surface area is 195 Å². The lowest BCUT2D eigenvalue weighted by Crippen LogP contribution is -2.35. The summed E-state index contributed by atoms with van der Waals surface area (Å²) in [6.07, 6.45) is 3.17. The predicted octanol–water partition coefficient (Wildman–Crippen LogP) is 2.79. The fourth-order valence-corrected chi connectivity index (χ4v) is 4.53. The van der Waals surface area contributed by atoms with Crippen molar-refractivity contribution in [1.29, 1.82) is 0 Å². The second-order valence-electron chi connectivity index (χ2n) is 8.71. The minimum atomic E-state index is -0.961. The highest BCUT2D eigenvalue weighted by Crippen LogP contribution is 2.29. The number of carbonyl (C=O) groups excluding carboxylic acids is 1. The van der Waals surface area contributed by atoms with Gasteiger partial charge in [-0.2, -0.15) is 5.10 Å². The molecule has 4 aromatic rings. The first kappa shape index (κ1) is 22.1. The molecule has 1 saturated carbocycles. The molecule has 9 heteroatoms. The Bertz CT molecular complexity index is 1360. The van der Waals surface area contributed by atoms with E-state index in [1.165, 1.54) is 18.6 Å².